The lowest BCUT2D eigenvalue weighted by molar-refractivity contribution is 0.0697. The first kappa shape index (κ1) is 11.3. The Morgan fingerprint density at radius 3 is 2.53 bits per heavy atom. The van der Waals surface area contributed by atoms with Crippen molar-refractivity contribution in [1.82, 2.24) is 4.98 Å². The highest BCUT2D eigenvalue weighted by atomic mass is 16.4. The molecule has 0 saturated carbocycles. The number of hydrogen-bond donors (Lipinski definition) is 2. The second kappa shape index (κ2) is 4.13. The summed E-state index contributed by atoms with van der Waals surface area (Å²) in [4.78, 5) is 15.1. The Kier molecular flexibility index (Phi) is 2.45. The maximum Gasteiger partial charge on any atom is 0.335 e. The molecule has 1 heterocycles. The Hall–Kier alpha value is -2.82. The molecule has 0 unspecified atom stereocenters. The number of fused-ring (bicyclic) bond motifs is 1. The maximum absolute atomic E-state index is 10.9. The Labute approximate surface area is 107 Å². The zero-order valence-corrected chi connectivity index (χ0v) is 9.70. The standard InChI is InChI=1S/C14H9NO4/c16-10-4-1-8(2-5-10)13-15-11-7-9(14(17)18)3-6-12(11)19-13/h1-7,16H,(H,17,18). The van der Waals surface area contributed by atoms with Gasteiger partial charge in [-0.2, -0.15) is 0 Å². The number of nitrogens with zero attached hydrogens (tertiary/aromatic N) is 1. The molecule has 0 aliphatic rings. The van der Waals surface area contributed by atoms with Crippen LogP contribution < -0.4 is 0 Å². The van der Waals surface area contributed by atoms with Gasteiger partial charge >= 0.3 is 5.97 Å². The number of carboxylic acid groups (broad SMARTS) is 1. The van der Waals surface area contributed by atoms with Crippen LogP contribution in [0.5, 0.6) is 5.75 Å². The minimum absolute atomic E-state index is 0.160. The van der Waals surface area contributed by atoms with Crippen molar-refractivity contribution in [2.24, 2.45) is 0 Å². The van der Waals surface area contributed by atoms with E-state index in [-0.39, 0.29) is 11.3 Å². The largest absolute Gasteiger partial charge is 0.508 e. The third-order valence-corrected chi connectivity index (χ3v) is 2.75. The van der Waals surface area contributed by atoms with Crippen LogP contribution in [0, 0.1) is 0 Å². The number of phenols is 1. The van der Waals surface area contributed by atoms with Crippen LogP contribution in [0.3, 0.4) is 0 Å². The number of benzene rings is 2. The number of oxazole rings is 1. The zero-order valence-electron chi connectivity index (χ0n) is 9.70. The summed E-state index contributed by atoms with van der Waals surface area (Å²) in [5.41, 5.74) is 1.89. The minimum atomic E-state index is -1.00. The van der Waals surface area contributed by atoms with Crippen molar-refractivity contribution in [2.75, 3.05) is 0 Å². The van der Waals surface area contributed by atoms with Gasteiger partial charge in [-0.3, -0.25) is 0 Å². The highest BCUT2D eigenvalue weighted by Crippen LogP contribution is 2.26. The summed E-state index contributed by atoms with van der Waals surface area (Å²) in [6.45, 7) is 0. The van der Waals surface area contributed by atoms with Crippen LogP contribution in [0.2, 0.25) is 0 Å². The van der Waals surface area contributed by atoms with Gasteiger partial charge in [-0.05, 0) is 42.5 Å². The van der Waals surface area contributed by atoms with E-state index in [1.807, 2.05) is 0 Å². The lowest BCUT2D eigenvalue weighted by Gasteiger charge is -1.94. The number of phenolic OH excluding ortho intramolecular Hbond substituents is 1. The molecule has 0 amide bonds. The molecule has 94 valence electrons. The lowest BCUT2D eigenvalue weighted by atomic mass is 10.2. The molecular weight excluding hydrogens is 246 g/mol. The number of aromatic nitrogens is 1. The van der Waals surface area contributed by atoms with Crippen LogP contribution >= 0.6 is 0 Å². The van der Waals surface area contributed by atoms with Gasteiger partial charge in [-0.1, -0.05) is 0 Å². The van der Waals surface area contributed by atoms with Gasteiger partial charge in [0, 0.05) is 5.56 Å². The third-order valence-electron chi connectivity index (χ3n) is 2.75. The highest BCUT2D eigenvalue weighted by molar-refractivity contribution is 5.92. The van der Waals surface area contributed by atoms with Crippen LogP contribution in [0.15, 0.2) is 46.9 Å². The lowest BCUT2D eigenvalue weighted by Crippen LogP contribution is -1.94. The molecule has 2 N–H and O–H groups in total. The van der Waals surface area contributed by atoms with E-state index in [0.29, 0.717) is 22.6 Å². The number of rotatable bonds is 2. The van der Waals surface area contributed by atoms with Gasteiger partial charge in [-0.15, -0.1) is 0 Å². The van der Waals surface area contributed by atoms with E-state index in [9.17, 15) is 9.90 Å². The Morgan fingerprint density at radius 1 is 1.11 bits per heavy atom. The highest BCUT2D eigenvalue weighted by Gasteiger charge is 2.11. The van der Waals surface area contributed by atoms with Crippen molar-refractivity contribution in [2.45, 2.75) is 0 Å². The fraction of sp³-hybridized carbons (Fsp3) is 0. The molecule has 0 fully saturated rings. The minimum Gasteiger partial charge on any atom is -0.508 e. The Balaban J connectivity index is 2.11. The van der Waals surface area contributed by atoms with E-state index in [2.05, 4.69) is 4.98 Å². The van der Waals surface area contributed by atoms with E-state index in [1.165, 1.54) is 24.3 Å². The topological polar surface area (TPSA) is 83.6 Å². The van der Waals surface area contributed by atoms with Crippen molar-refractivity contribution < 1.29 is 19.4 Å². The third kappa shape index (κ3) is 2.01. The number of hydrogen-bond acceptors (Lipinski definition) is 4. The van der Waals surface area contributed by atoms with Crippen LogP contribution in [-0.2, 0) is 0 Å². The second-order valence-corrected chi connectivity index (χ2v) is 4.05. The normalized spacial score (nSPS) is 10.7. The van der Waals surface area contributed by atoms with Crippen LogP contribution in [0.25, 0.3) is 22.6 Å². The fourth-order valence-electron chi connectivity index (χ4n) is 1.79. The monoisotopic (exact) mass is 255 g/mol. The van der Waals surface area contributed by atoms with E-state index < -0.39 is 5.97 Å². The summed E-state index contributed by atoms with van der Waals surface area (Å²) in [7, 11) is 0. The number of carboxylic acids is 1. The van der Waals surface area contributed by atoms with Crippen molar-refractivity contribution >= 4 is 17.1 Å². The molecule has 3 aromatic rings. The Morgan fingerprint density at radius 2 is 1.84 bits per heavy atom. The van der Waals surface area contributed by atoms with Crippen LogP contribution in [-0.4, -0.2) is 21.2 Å². The molecule has 2 aromatic carbocycles. The van der Waals surface area contributed by atoms with E-state index in [4.69, 9.17) is 9.52 Å². The first-order chi connectivity index (χ1) is 9.13. The first-order valence-electron chi connectivity index (χ1n) is 5.57. The molecule has 5 heteroatoms. The van der Waals surface area contributed by atoms with Gasteiger partial charge < -0.3 is 14.6 Å². The number of aromatic hydroxyl groups is 1. The summed E-state index contributed by atoms with van der Waals surface area (Å²) >= 11 is 0. The molecule has 0 bridgehead atoms. The molecule has 3 rings (SSSR count). The fourth-order valence-corrected chi connectivity index (χ4v) is 1.79. The van der Waals surface area contributed by atoms with Crippen molar-refractivity contribution in [3.8, 4) is 17.2 Å². The molecule has 1 aromatic heterocycles. The quantitative estimate of drug-likeness (QED) is 0.735. The molecular formula is C14H9NO4. The van der Waals surface area contributed by atoms with Crippen LogP contribution in [0.4, 0.5) is 0 Å². The molecule has 0 aliphatic carbocycles. The molecule has 5 nitrogen and oxygen atoms in total. The predicted molar refractivity (Wildman–Crippen MR) is 68.1 cm³/mol. The molecule has 0 spiro atoms. The molecule has 0 atom stereocenters. The number of aromatic carboxylic acids is 1. The SMILES string of the molecule is O=C(O)c1ccc2oc(-c3ccc(O)cc3)nc2c1. The maximum atomic E-state index is 10.9. The first-order valence-corrected chi connectivity index (χ1v) is 5.57. The van der Waals surface area contributed by atoms with E-state index in [1.54, 1.807) is 18.2 Å². The molecule has 0 radical (unpaired) electrons. The van der Waals surface area contributed by atoms with Gasteiger partial charge in [0.05, 0.1) is 5.56 Å². The summed E-state index contributed by atoms with van der Waals surface area (Å²) in [6, 6.07) is 10.9. The second-order valence-electron chi connectivity index (χ2n) is 4.05. The smallest absolute Gasteiger partial charge is 0.335 e. The van der Waals surface area contributed by atoms with E-state index >= 15 is 0 Å². The van der Waals surface area contributed by atoms with Crippen molar-refractivity contribution in [3.63, 3.8) is 0 Å². The number of carbonyl (C=O) groups is 1. The van der Waals surface area contributed by atoms with Gasteiger partial charge in [-0.25, -0.2) is 9.78 Å². The van der Waals surface area contributed by atoms with Crippen molar-refractivity contribution in [3.05, 3.63) is 48.0 Å². The molecule has 19 heavy (non-hydrogen) atoms. The summed E-state index contributed by atoms with van der Waals surface area (Å²) < 4.78 is 5.54. The zero-order chi connectivity index (χ0) is 13.4. The van der Waals surface area contributed by atoms with Gasteiger partial charge in [0.15, 0.2) is 5.58 Å². The average Bonchev–Trinajstić information content (AvgIpc) is 2.82. The summed E-state index contributed by atoms with van der Waals surface area (Å²) in [6.07, 6.45) is 0. The summed E-state index contributed by atoms with van der Waals surface area (Å²) in [5, 5.41) is 18.1. The van der Waals surface area contributed by atoms with Gasteiger partial charge in [0.1, 0.15) is 11.3 Å². The Bertz CT molecular complexity index is 759. The van der Waals surface area contributed by atoms with Crippen molar-refractivity contribution in [1.29, 1.82) is 0 Å². The van der Waals surface area contributed by atoms with Gasteiger partial charge in [0.25, 0.3) is 0 Å². The molecule has 0 saturated heterocycles. The van der Waals surface area contributed by atoms with E-state index in [0.717, 1.165) is 0 Å². The van der Waals surface area contributed by atoms with Crippen LogP contribution in [0.1, 0.15) is 10.4 Å². The summed E-state index contributed by atoms with van der Waals surface area (Å²) in [5.74, 6) is -0.457. The predicted octanol–water partition coefficient (Wildman–Crippen LogP) is 2.90. The molecule has 0 aliphatic heterocycles. The average molecular weight is 255 g/mol. The van der Waals surface area contributed by atoms with Gasteiger partial charge in [0.2, 0.25) is 5.89 Å².